The van der Waals surface area contributed by atoms with Crippen LogP contribution in [0.5, 0.6) is 5.88 Å². The minimum Gasteiger partial charge on any atom is -0.481 e. The third-order valence-electron chi connectivity index (χ3n) is 2.43. The second-order valence-electron chi connectivity index (χ2n) is 3.29. The lowest BCUT2D eigenvalue weighted by molar-refractivity contribution is 0.201. The van der Waals surface area contributed by atoms with Gasteiger partial charge in [0, 0.05) is 11.8 Å². The Morgan fingerprint density at radius 1 is 1.53 bits per heavy atom. The molecule has 0 atom stereocenters. The summed E-state index contributed by atoms with van der Waals surface area (Å²) in [5, 5.41) is 9.16. The maximum absolute atomic E-state index is 9.16. The highest BCUT2D eigenvalue weighted by atomic mass is 16.5. The van der Waals surface area contributed by atoms with E-state index in [0.29, 0.717) is 19.1 Å². The zero-order chi connectivity index (χ0) is 10.7. The minimum atomic E-state index is 0.0212. The zero-order valence-electron chi connectivity index (χ0n) is 8.56. The molecule has 4 nitrogen and oxygen atoms in total. The molecule has 0 aliphatic carbocycles. The number of aliphatic hydroxyl groups excluding tert-OH is 1. The fourth-order valence-corrected chi connectivity index (χ4v) is 1.66. The van der Waals surface area contributed by atoms with Crippen LogP contribution in [0.4, 0.5) is 0 Å². The number of aliphatic hydroxyl groups is 1. The van der Waals surface area contributed by atoms with E-state index in [1.54, 1.807) is 13.3 Å². The molecule has 0 saturated carbocycles. The number of nitrogens with zero attached hydrogens (tertiary/aromatic N) is 1. The number of aromatic nitrogens is 1. The average molecular weight is 207 g/mol. The molecule has 1 aliphatic rings. The first-order chi connectivity index (χ1) is 7.36. The molecule has 1 N–H and O–H groups in total. The summed E-state index contributed by atoms with van der Waals surface area (Å²) in [5.41, 5.74) is 2.80. The second kappa shape index (κ2) is 4.42. The molecule has 0 aromatic carbocycles. The van der Waals surface area contributed by atoms with E-state index < -0.39 is 0 Å². The van der Waals surface area contributed by atoms with Crippen LogP contribution in [0, 0.1) is 0 Å². The van der Waals surface area contributed by atoms with Crippen molar-refractivity contribution in [3.05, 3.63) is 29.5 Å². The van der Waals surface area contributed by atoms with Crippen molar-refractivity contribution in [1.82, 2.24) is 4.98 Å². The molecule has 4 heteroatoms. The van der Waals surface area contributed by atoms with E-state index >= 15 is 0 Å². The molecule has 0 radical (unpaired) electrons. The van der Waals surface area contributed by atoms with Crippen LogP contribution in [0.1, 0.15) is 5.56 Å². The molecule has 0 bridgehead atoms. The molecule has 80 valence electrons. The van der Waals surface area contributed by atoms with Crippen LogP contribution >= 0.6 is 0 Å². The fraction of sp³-hybridized carbons (Fsp3) is 0.364. The Kier molecular flexibility index (Phi) is 2.99. The first kappa shape index (κ1) is 10.1. The molecule has 1 aromatic rings. The second-order valence-corrected chi connectivity index (χ2v) is 3.29. The Balaban J connectivity index is 2.44. The molecular weight excluding hydrogens is 194 g/mol. The van der Waals surface area contributed by atoms with Gasteiger partial charge in [0.05, 0.1) is 26.9 Å². The summed E-state index contributed by atoms with van der Waals surface area (Å²) in [4.78, 5) is 4.12. The molecule has 0 saturated heterocycles. The van der Waals surface area contributed by atoms with Crippen molar-refractivity contribution < 1.29 is 14.6 Å². The van der Waals surface area contributed by atoms with Gasteiger partial charge in [0.2, 0.25) is 5.88 Å². The van der Waals surface area contributed by atoms with Gasteiger partial charge in [-0.3, -0.25) is 0 Å². The lowest BCUT2D eigenvalue weighted by Gasteiger charge is -2.08. The van der Waals surface area contributed by atoms with E-state index in [2.05, 4.69) is 4.98 Å². The summed E-state index contributed by atoms with van der Waals surface area (Å²) in [7, 11) is 1.58. The van der Waals surface area contributed by atoms with Gasteiger partial charge in [-0.25, -0.2) is 4.98 Å². The monoisotopic (exact) mass is 207 g/mol. The van der Waals surface area contributed by atoms with Crippen molar-refractivity contribution in [3.8, 4) is 5.88 Å². The highest BCUT2D eigenvalue weighted by Crippen LogP contribution is 2.29. The summed E-state index contributed by atoms with van der Waals surface area (Å²) >= 11 is 0. The van der Waals surface area contributed by atoms with Gasteiger partial charge in [-0.1, -0.05) is 0 Å². The zero-order valence-corrected chi connectivity index (χ0v) is 8.56. The van der Waals surface area contributed by atoms with Gasteiger partial charge in [-0.05, 0) is 23.3 Å². The molecule has 1 aromatic heterocycles. The highest BCUT2D eigenvalue weighted by molar-refractivity contribution is 5.74. The predicted molar refractivity (Wildman–Crippen MR) is 55.6 cm³/mol. The predicted octanol–water partition coefficient (Wildman–Crippen LogP) is 0.866. The first-order valence-corrected chi connectivity index (χ1v) is 4.75. The molecule has 0 fully saturated rings. The smallest absolute Gasteiger partial charge is 0.220 e. The third kappa shape index (κ3) is 1.86. The van der Waals surface area contributed by atoms with Crippen LogP contribution in [0.2, 0.25) is 0 Å². The molecule has 2 rings (SSSR count). The molecule has 1 aliphatic heterocycles. The number of pyridine rings is 1. The minimum absolute atomic E-state index is 0.0212. The van der Waals surface area contributed by atoms with Gasteiger partial charge in [-0.2, -0.15) is 0 Å². The lowest BCUT2D eigenvalue weighted by Crippen LogP contribution is -1.98. The molecule has 0 amide bonds. The standard InChI is InChI=1S/C11H13NO3/c1-14-11-9(3-2-4-12-11)10-7-15-6-8(10)5-13/h2-4,13H,5-7H2,1H3. The van der Waals surface area contributed by atoms with Crippen molar-refractivity contribution in [2.45, 2.75) is 0 Å². The van der Waals surface area contributed by atoms with E-state index in [4.69, 9.17) is 14.6 Å². The molecule has 15 heavy (non-hydrogen) atoms. The topological polar surface area (TPSA) is 51.6 Å². The van der Waals surface area contributed by atoms with Crippen LogP contribution in [0.15, 0.2) is 23.9 Å². The number of hydrogen-bond donors (Lipinski definition) is 1. The quantitative estimate of drug-likeness (QED) is 0.799. The van der Waals surface area contributed by atoms with Crippen molar-refractivity contribution in [3.63, 3.8) is 0 Å². The van der Waals surface area contributed by atoms with Crippen LogP contribution in [-0.2, 0) is 4.74 Å². The van der Waals surface area contributed by atoms with E-state index in [9.17, 15) is 0 Å². The first-order valence-electron chi connectivity index (χ1n) is 4.75. The Morgan fingerprint density at radius 2 is 2.40 bits per heavy atom. The molecular formula is C11H13NO3. The number of ether oxygens (including phenoxy) is 2. The normalized spacial score (nSPS) is 15.9. The summed E-state index contributed by atoms with van der Waals surface area (Å²) in [6.45, 7) is 1.02. The summed E-state index contributed by atoms with van der Waals surface area (Å²) in [5.74, 6) is 0.573. The Morgan fingerprint density at radius 3 is 3.13 bits per heavy atom. The van der Waals surface area contributed by atoms with E-state index in [1.165, 1.54) is 0 Å². The maximum atomic E-state index is 9.16. The van der Waals surface area contributed by atoms with Crippen LogP contribution in [0.3, 0.4) is 0 Å². The van der Waals surface area contributed by atoms with Crippen LogP contribution < -0.4 is 4.74 Å². The summed E-state index contributed by atoms with van der Waals surface area (Å²) < 4.78 is 10.5. The third-order valence-corrected chi connectivity index (χ3v) is 2.43. The highest BCUT2D eigenvalue weighted by Gasteiger charge is 2.19. The number of rotatable bonds is 3. The van der Waals surface area contributed by atoms with Gasteiger partial charge < -0.3 is 14.6 Å². The van der Waals surface area contributed by atoms with Gasteiger partial charge in [0.25, 0.3) is 0 Å². The summed E-state index contributed by atoms with van der Waals surface area (Å²) in [6, 6.07) is 3.77. The molecule has 2 heterocycles. The fourth-order valence-electron chi connectivity index (χ4n) is 1.66. The SMILES string of the molecule is COc1ncccc1C1=C(CO)COC1. The van der Waals surface area contributed by atoms with Crippen molar-refractivity contribution >= 4 is 5.57 Å². The lowest BCUT2D eigenvalue weighted by atomic mass is 10.0. The van der Waals surface area contributed by atoms with E-state index in [-0.39, 0.29) is 6.61 Å². The largest absolute Gasteiger partial charge is 0.481 e. The van der Waals surface area contributed by atoms with Crippen molar-refractivity contribution in [2.24, 2.45) is 0 Å². The Hall–Kier alpha value is -1.39. The maximum Gasteiger partial charge on any atom is 0.220 e. The van der Waals surface area contributed by atoms with Crippen LogP contribution in [0.25, 0.3) is 5.57 Å². The van der Waals surface area contributed by atoms with Gasteiger partial charge >= 0.3 is 0 Å². The van der Waals surface area contributed by atoms with E-state index in [1.807, 2.05) is 12.1 Å². The van der Waals surface area contributed by atoms with E-state index in [0.717, 1.165) is 16.7 Å². The van der Waals surface area contributed by atoms with Crippen molar-refractivity contribution in [2.75, 3.05) is 26.9 Å². The Labute approximate surface area is 88.2 Å². The van der Waals surface area contributed by atoms with Crippen LogP contribution in [-0.4, -0.2) is 37.0 Å². The number of methoxy groups -OCH3 is 1. The number of hydrogen-bond acceptors (Lipinski definition) is 4. The van der Waals surface area contributed by atoms with Gasteiger partial charge in [0.15, 0.2) is 0 Å². The van der Waals surface area contributed by atoms with Gasteiger partial charge in [-0.15, -0.1) is 0 Å². The van der Waals surface area contributed by atoms with Gasteiger partial charge in [0.1, 0.15) is 0 Å². The molecule has 0 spiro atoms. The Bertz CT molecular complexity index is 387. The van der Waals surface area contributed by atoms with Crippen molar-refractivity contribution in [1.29, 1.82) is 0 Å². The average Bonchev–Trinajstić information content (AvgIpc) is 2.76. The summed E-state index contributed by atoms with van der Waals surface area (Å²) in [6.07, 6.45) is 1.68. The molecule has 0 unspecified atom stereocenters.